The zero-order chi connectivity index (χ0) is 20.9. The van der Waals surface area contributed by atoms with E-state index in [2.05, 4.69) is 15.5 Å². The number of ether oxygens (including phenoxy) is 2. The van der Waals surface area contributed by atoms with Crippen molar-refractivity contribution in [2.24, 2.45) is 0 Å². The van der Waals surface area contributed by atoms with Crippen LogP contribution in [0.4, 0.5) is 10.4 Å². The smallest absolute Gasteiger partial charge is 0.322 e. The van der Waals surface area contributed by atoms with Gasteiger partial charge in [0.15, 0.2) is 0 Å². The predicted molar refractivity (Wildman–Crippen MR) is 107 cm³/mol. The van der Waals surface area contributed by atoms with E-state index in [9.17, 15) is 9.18 Å². The second-order valence-electron chi connectivity index (χ2n) is 6.18. The third kappa shape index (κ3) is 4.44. The van der Waals surface area contributed by atoms with Gasteiger partial charge in [0, 0.05) is 17.2 Å². The van der Waals surface area contributed by atoms with E-state index in [0.717, 1.165) is 0 Å². The Morgan fingerprint density at radius 3 is 2.40 bits per heavy atom. The molecule has 0 spiro atoms. The van der Waals surface area contributed by atoms with Gasteiger partial charge in [-0.1, -0.05) is 11.2 Å². The molecule has 3 aromatic carbocycles. The molecular formula is C22H16FN3O4. The molecule has 0 bridgehead atoms. The first kappa shape index (κ1) is 19.1. The lowest BCUT2D eigenvalue weighted by Gasteiger charge is -2.08. The molecular weight excluding hydrogens is 389 g/mol. The van der Waals surface area contributed by atoms with Gasteiger partial charge in [-0.25, -0.2) is 4.39 Å². The average Bonchev–Trinajstić information content (AvgIpc) is 3.23. The van der Waals surface area contributed by atoms with Crippen molar-refractivity contribution in [1.82, 2.24) is 10.2 Å². The van der Waals surface area contributed by atoms with E-state index in [0.29, 0.717) is 28.4 Å². The van der Waals surface area contributed by atoms with Crippen molar-refractivity contribution in [1.29, 1.82) is 0 Å². The number of rotatable bonds is 6. The van der Waals surface area contributed by atoms with Crippen LogP contribution >= 0.6 is 0 Å². The minimum Gasteiger partial charge on any atom is -0.497 e. The molecule has 0 aliphatic carbocycles. The van der Waals surface area contributed by atoms with Gasteiger partial charge in [0.25, 0.3) is 5.91 Å². The lowest BCUT2D eigenvalue weighted by molar-refractivity contribution is 0.102. The lowest BCUT2D eigenvalue weighted by Crippen LogP contribution is -2.11. The summed E-state index contributed by atoms with van der Waals surface area (Å²) in [7, 11) is 1.58. The molecule has 7 nitrogen and oxygen atoms in total. The Kier molecular flexibility index (Phi) is 5.38. The first-order valence-corrected chi connectivity index (χ1v) is 8.93. The third-order valence-corrected chi connectivity index (χ3v) is 4.13. The summed E-state index contributed by atoms with van der Waals surface area (Å²) in [6.07, 6.45) is 0. The van der Waals surface area contributed by atoms with Crippen LogP contribution in [0.3, 0.4) is 0 Å². The van der Waals surface area contributed by atoms with Gasteiger partial charge in [0.2, 0.25) is 5.89 Å². The maximum Gasteiger partial charge on any atom is 0.322 e. The van der Waals surface area contributed by atoms with Crippen LogP contribution in [0.5, 0.6) is 17.2 Å². The number of benzene rings is 3. The van der Waals surface area contributed by atoms with E-state index < -0.39 is 5.91 Å². The summed E-state index contributed by atoms with van der Waals surface area (Å²) in [5.41, 5.74) is 0.929. The number of halogens is 1. The summed E-state index contributed by atoms with van der Waals surface area (Å²) >= 11 is 0. The standard InChI is InChI=1S/C22H16FN3O4/c1-28-18-3-2-4-19(13-18)29-17-11-7-14(8-12-17)20(27)24-22-26-25-21(30-22)15-5-9-16(23)10-6-15/h2-13H,1H3,(H,24,26,27). The molecule has 0 fully saturated rings. The monoisotopic (exact) mass is 405 g/mol. The molecule has 4 rings (SSSR count). The zero-order valence-electron chi connectivity index (χ0n) is 15.8. The largest absolute Gasteiger partial charge is 0.497 e. The van der Waals surface area contributed by atoms with Crippen molar-refractivity contribution < 1.29 is 23.1 Å². The van der Waals surface area contributed by atoms with Crippen LogP contribution in [0.1, 0.15) is 10.4 Å². The molecule has 1 aromatic heterocycles. The first-order valence-electron chi connectivity index (χ1n) is 8.93. The maximum absolute atomic E-state index is 13.0. The molecule has 0 aliphatic rings. The Balaban J connectivity index is 1.41. The van der Waals surface area contributed by atoms with Crippen LogP contribution in [0.15, 0.2) is 77.2 Å². The van der Waals surface area contributed by atoms with Crippen LogP contribution in [0.25, 0.3) is 11.5 Å². The highest BCUT2D eigenvalue weighted by Gasteiger charge is 2.13. The molecule has 1 heterocycles. The number of aromatic nitrogens is 2. The van der Waals surface area contributed by atoms with Gasteiger partial charge in [0.05, 0.1) is 7.11 Å². The van der Waals surface area contributed by atoms with E-state index in [1.807, 2.05) is 12.1 Å². The van der Waals surface area contributed by atoms with Crippen LogP contribution in [-0.4, -0.2) is 23.2 Å². The minimum absolute atomic E-state index is 0.0592. The number of hydrogen-bond donors (Lipinski definition) is 1. The van der Waals surface area contributed by atoms with Crippen molar-refractivity contribution in [3.63, 3.8) is 0 Å². The van der Waals surface area contributed by atoms with Crippen LogP contribution in [0.2, 0.25) is 0 Å². The fourth-order valence-corrected chi connectivity index (χ4v) is 2.63. The van der Waals surface area contributed by atoms with Gasteiger partial charge in [-0.2, -0.15) is 0 Å². The lowest BCUT2D eigenvalue weighted by atomic mass is 10.2. The van der Waals surface area contributed by atoms with Crippen LogP contribution < -0.4 is 14.8 Å². The average molecular weight is 405 g/mol. The first-order chi connectivity index (χ1) is 14.6. The van der Waals surface area contributed by atoms with Gasteiger partial charge in [-0.15, -0.1) is 5.10 Å². The number of hydrogen-bond acceptors (Lipinski definition) is 6. The number of methoxy groups -OCH3 is 1. The number of carbonyl (C=O) groups excluding carboxylic acids is 1. The fraction of sp³-hybridized carbons (Fsp3) is 0.0455. The molecule has 0 radical (unpaired) electrons. The summed E-state index contributed by atoms with van der Waals surface area (Å²) in [5, 5.41) is 10.2. The van der Waals surface area contributed by atoms with Crippen molar-refractivity contribution in [3.8, 4) is 28.7 Å². The number of nitrogens with one attached hydrogen (secondary N) is 1. The summed E-state index contributed by atoms with van der Waals surface area (Å²) in [5.74, 6) is 1.25. The molecule has 150 valence electrons. The van der Waals surface area contributed by atoms with Crippen molar-refractivity contribution >= 4 is 11.9 Å². The summed E-state index contributed by atoms with van der Waals surface area (Å²) in [6, 6.07) is 19.3. The SMILES string of the molecule is COc1cccc(Oc2ccc(C(=O)Nc3nnc(-c4ccc(F)cc4)o3)cc2)c1. The van der Waals surface area contributed by atoms with E-state index in [-0.39, 0.29) is 17.7 Å². The normalized spacial score (nSPS) is 10.5. The Labute approximate surface area is 171 Å². The molecule has 0 saturated carbocycles. The van der Waals surface area contributed by atoms with Crippen molar-refractivity contribution in [2.75, 3.05) is 12.4 Å². The number of anilines is 1. The topological polar surface area (TPSA) is 86.5 Å². The number of amides is 1. The van der Waals surface area contributed by atoms with Crippen molar-refractivity contribution in [2.45, 2.75) is 0 Å². The van der Waals surface area contributed by atoms with Gasteiger partial charge >= 0.3 is 6.01 Å². The highest BCUT2D eigenvalue weighted by Crippen LogP contribution is 2.25. The Hall–Kier alpha value is -4.20. The number of carbonyl (C=O) groups is 1. The zero-order valence-corrected chi connectivity index (χ0v) is 15.8. The second-order valence-corrected chi connectivity index (χ2v) is 6.18. The Morgan fingerprint density at radius 2 is 1.67 bits per heavy atom. The molecule has 0 aliphatic heterocycles. The molecule has 1 N–H and O–H groups in total. The highest BCUT2D eigenvalue weighted by atomic mass is 19.1. The Morgan fingerprint density at radius 1 is 0.933 bits per heavy atom. The maximum atomic E-state index is 13.0. The van der Waals surface area contributed by atoms with Gasteiger partial charge < -0.3 is 13.9 Å². The molecule has 0 saturated heterocycles. The van der Waals surface area contributed by atoms with Crippen LogP contribution in [0, 0.1) is 5.82 Å². The predicted octanol–water partition coefficient (Wildman–Crippen LogP) is 4.93. The van der Waals surface area contributed by atoms with Gasteiger partial charge in [0.1, 0.15) is 23.1 Å². The molecule has 8 heteroatoms. The summed E-state index contributed by atoms with van der Waals surface area (Å²) in [6.45, 7) is 0. The van der Waals surface area contributed by atoms with E-state index in [4.69, 9.17) is 13.9 Å². The number of nitrogens with zero attached hydrogens (tertiary/aromatic N) is 2. The summed E-state index contributed by atoms with van der Waals surface area (Å²) in [4.78, 5) is 12.4. The quantitative estimate of drug-likeness (QED) is 0.490. The van der Waals surface area contributed by atoms with Gasteiger partial charge in [-0.3, -0.25) is 10.1 Å². The third-order valence-electron chi connectivity index (χ3n) is 4.13. The second kappa shape index (κ2) is 8.44. The van der Waals surface area contributed by atoms with E-state index >= 15 is 0 Å². The summed E-state index contributed by atoms with van der Waals surface area (Å²) < 4.78 is 29.3. The van der Waals surface area contributed by atoms with Crippen LogP contribution in [-0.2, 0) is 0 Å². The highest BCUT2D eigenvalue weighted by molar-refractivity contribution is 6.03. The van der Waals surface area contributed by atoms with Gasteiger partial charge in [-0.05, 0) is 60.7 Å². The fourth-order valence-electron chi connectivity index (χ4n) is 2.63. The molecule has 1 amide bonds. The molecule has 30 heavy (non-hydrogen) atoms. The molecule has 0 unspecified atom stereocenters. The minimum atomic E-state index is -0.419. The van der Waals surface area contributed by atoms with E-state index in [1.54, 1.807) is 43.5 Å². The Bertz CT molecular complexity index is 1160. The van der Waals surface area contributed by atoms with Crippen molar-refractivity contribution in [3.05, 3.63) is 84.2 Å². The molecule has 0 atom stereocenters. The van der Waals surface area contributed by atoms with E-state index in [1.165, 1.54) is 24.3 Å². The molecule has 4 aromatic rings.